The Balaban J connectivity index is 1.74. The number of aryl methyl sites for hydroxylation is 1. The molecular formula is C15H22N6O. The fourth-order valence-corrected chi connectivity index (χ4v) is 2.61. The maximum atomic E-state index is 12.4. The van der Waals surface area contributed by atoms with Crippen molar-refractivity contribution >= 4 is 5.91 Å². The zero-order valence-corrected chi connectivity index (χ0v) is 13.2. The second kappa shape index (κ2) is 5.90. The van der Waals surface area contributed by atoms with Gasteiger partial charge in [0.1, 0.15) is 17.8 Å². The predicted octanol–water partition coefficient (Wildman–Crippen LogP) is 1.93. The SMILES string of the molecule is CC(C)CC(NC(=O)c1cc(C2CC2)[nH]n1)c1ncnn1C. The van der Waals surface area contributed by atoms with E-state index in [2.05, 4.69) is 39.4 Å². The lowest BCUT2D eigenvalue weighted by Gasteiger charge is -2.19. The molecule has 0 aromatic carbocycles. The maximum absolute atomic E-state index is 12.4. The Morgan fingerprint density at radius 1 is 1.50 bits per heavy atom. The molecule has 22 heavy (non-hydrogen) atoms. The van der Waals surface area contributed by atoms with E-state index in [0.29, 0.717) is 17.5 Å². The molecule has 1 atom stereocenters. The van der Waals surface area contributed by atoms with Crippen LogP contribution in [0.25, 0.3) is 0 Å². The minimum atomic E-state index is -0.170. The summed E-state index contributed by atoms with van der Waals surface area (Å²) in [6.45, 7) is 4.24. The fourth-order valence-electron chi connectivity index (χ4n) is 2.61. The number of carbonyl (C=O) groups excluding carboxylic acids is 1. The predicted molar refractivity (Wildman–Crippen MR) is 81.2 cm³/mol. The molecule has 1 saturated carbocycles. The lowest BCUT2D eigenvalue weighted by Crippen LogP contribution is -2.31. The van der Waals surface area contributed by atoms with Gasteiger partial charge in [-0.2, -0.15) is 10.2 Å². The molecule has 2 N–H and O–H groups in total. The minimum Gasteiger partial charge on any atom is -0.341 e. The molecular weight excluding hydrogens is 280 g/mol. The van der Waals surface area contributed by atoms with Gasteiger partial charge in [-0.05, 0) is 31.2 Å². The van der Waals surface area contributed by atoms with Crippen LogP contribution in [0.15, 0.2) is 12.4 Å². The van der Waals surface area contributed by atoms with Gasteiger partial charge in [-0.15, -0.1) is 0 Å². The molecule has 1 unspecified atom stereocenters. The molecule has 2 heterocycles. The first-order valence-corrected chi connectivity index (χ1v) is 7.74. The summed E-state index contributed by atoms with van der Waals surface area (Å²) in [5.74, 6) is 1.58. The van der Waals surface area contributed by atoms with Crippen molar-refractivity contribution in [1.29, 1.82) is 0 Å². The molecule has 1 aliphatic rings. The van der Waals surface area contributed by atoms with Crippen LogP contribution in [0.1, 0.15) is 67.1 Å². The third-order valence-electron chi connectivity index (χ3n) is 3.92. The number of amides is 1. The molecule has 0 saturated heterocycles. The Morgan fingerprint density at radius 3 is 2.86 bits per heavy atom. The van der Waals surface area contributed by atoms with Crippen LogP contribution in [-0.2, 0) is 7.05 Å². The van der Waals surface area contributed by atoms with Crippen molar-refractivity contribution in [3.63, 3.8) is 0 Å². The highest BCUT2D eigenvalue weighted by atomic mass is 16.2. The van der Waals surface area contributed by atoms with Crippen LogP contribution >= 0.6 is 0 Å². The summed E-state index contributed by atoms with van der Waals surface area (Å²) >= 11 is 0. The molecule has 0 aliphatic heterocycles. The van der Waals surface area contributed by atoms with Crippen molar-refractivity contribution in [2.75, 3.05) is 0 Å². The second-order valence-electron chi connectivity index (χ2n) is 6.38. The van der Waals surface area contributed by atoms with Crippen molar-refractivity contribution in [2.45, 2.75) is 45.1 Å². The molecule has 1 fully saturated rings. The van der Waals surface area contributed by atoms with Gasteiger partial charge >= 0.3 is 0 Å². The van der Waals surface area contributed by atoms with Crippen LogP contribution in [0.5, 0.6) is 0 Å². The first-order chi connectivity index (χ1) is 10.5. The smallest absolute Gasteiger partial charge is 0.272 e. The Labute approximate surface area is 129 Å². The number of rotatable bonds is 6. The van der Waals surface area contributed by atoms with Crippen molar-refractivity contribution in [3.8, 4) is 0 Å². The van der Waals surface area contributed by atoms with E-state index >= 15 is 0 Å². The summed E-state index contributed by atoms with van der Waals surface area (Å²) in [4.78, 5) is 16.7. The monoisotopic (exact) mass is 302 g/mol. The van der Waals surface area contributed by atoms with Crippen molar-refractivity contribution < 1.29 is 4.79 Å². The summed E-state index contributed by atoms with van der Waals surface area (Å²) in [6, 6.07) is 1.69. The van der Waals surface area contributed by atoms with Crippen LogP contribution in [0.4, 0.5) is 0 Å². The zero-order valence-electron chi connectivity index (χ0n) is 13.2. The summed E-state index contributed by atoms with van der Waals surface area (Å²) in [5.41, 5.74) is 1.50. The van der Waals surface area contributed by atoms with Gasteiger partial charge in [-0.3, -0.25) is 14.6 Å². The third-order valence-corrected chi connectivity index (χ3v) is 3.92. The van der Waals surface area contributed by atoms with Crippen LogP contribution in [0.3, 0.4) is 0 Å². The number of H-pyrrole nitrogens is 1. The lowest BCUT2D eigenvalue weighted by molar-refractivity contribution is 0.0924. The Hall–Kier alpha value is -2.18. The molecule has 0 spiro atoms. The largest absolute Gasteiger partial charge is 0.341 e. The number of hydrogen-bond donors (Lipinski definition) is 2. The molecule has 3 rings (SSSR count). The summed E-state index contributed by atoms with van der Waals surface area (Å²) in [6.07, 6.45) is 4.67. The molecule has 7 heteroatoms. The first kappa shape index (κ1) is 14.7. The van der Waals surface area contributed by atoms with Gasteiger partial charge in [0.25, 0.3) is 5.91 Å². The van der Waals surface area contributed by atoms with E-state index < -0.39 is 0 Å². The topological polar surface area (TPSA) is 88.5 Å². The highest BCUT2D eigenvalue weighted by Gasteiger charge is 2.27. The fraction of sp³-hybridized carbons (Fsp3) is 0.600. The van der Waals surface area contributed by atoms with Gasteiger partial charge in [0.05, 0.1) is 6.04 Å². The standard InChI is InChI=1S/C15H22N6O/c1-9(2)6-12(14-16-8-17-21(14)3)18-15(22)13-7-11(19-20-13)10-4-5-10/h7-10,12H,4-6H2,1-3H3,(H,18,22)(H,19,20). The summed E-state index contributed by atoms with van der Waals surface area (Å²) in [5, 5.41) is 14.2. The van der Waals surface area contributed by atoms with Gasteiger partial charge in [-0.1, -0.05) is 13.8 Å². The molecule has 0 bridgehead atoms. The van der Waals surface area contributed by atoms with E-state index in [4.69, 9.17) is 0 Å². The van der Waals surface area contributed by atoms with Crippen LogP contribution in [0, 0.1) is 5.92 Å². The minimum absolute atomic E-state index is 0.166. The van der Waals surface area contributed by atoms with E-state index in [1.54, 1.807) is 4.68 Å². The molecule has 1 aliphatic carbocycles. The summed E-state index contributed by atoms with van der Waals surface area (Å²) < 4.78 is 1.70. The Bertz CT molecular complexity index is 655. The number of nitrogens with one attached hydrogen (secondary N) is 2. The van der Waals surface area contributed by atoms with Crippen molar-refractivity contribution in [1.82, 2.24) is 30.3 Å². The molecule has 1 amide bonds. The Morgan fingerprint density at radius 2 is 2.27 bits per heavy atom. The van der Waals surface area contributed by atoms with Crippen molar-refractivity contribution in [3.05, 3.63) is 29.6 Å². The van der Waals surface area contributed by atoms with E-state index in [1.165, 1.54) is 19.2 Å². The van der Waals surface area contributed by atoms with E-state index in [0.717, 1.165) is 17.9 Å². The van der Waals surface area contributed by atoms with Crippen LogP contribution < -0.4 is 5.32 Å². The van der Waals surface area contributed by atoms with E-state index in [1.807, 2.05) is 13.1 Å². The number of aromatic amines is 1. The number of nitrogens with zero attached hydrogens (tertiary/aromatic N) is 4. The van der Waals surface area contributed by atoms with E-state index in [9.17, 15) is 4.79 Å². The lowest BCUT2D eigenvalue weighted by atomic mass is 10.0. The molecule has 2 aromatic heterocycles. The quantitative estimate of drug-likeness (QED) is 0.853. The highest BCUT2D eigenvalue weighted by molar-refractivity contribution is 5.92. The molecule has 7 nitrogen and oxygen atoms in total. The summed E-state index contributed by atoms with van der Waals surface area (Å²) in [7, 11) is 1.83. The molecule has 2 aromatic rings. The Kier molecular flexibility index (Phi) is 3.96. The van der Waals surface area contributed by atoms with Crippen LogP contribution in [0.2, 0.25) is 0 Å². The average Bonchev–Trinajstić information content (AvgIpc) is 3.03. The maximum Gasteiger partial charge on any atom is 0.272 e. The van der Waals surface area contributed by atoms with Crippen LogP contribution in [-0.4, -0.2) is 30.9 Å². The first-order valence-electron chi connectivity index (χ1n) is 7.74. The zero-order chi connectivity index (χ0) is 15.7. The van der Waals surface area contributed by atoms with Gasteiger partial charge in [0.15, 0.2) is 0 Å². The normalized spacial score (nSPS) is 16.0. The number of hydrogen-bond acceptors (Lipinski definition) is 4. The second-order valence-corrected chi connectivity index (χ2v) is 6.38. The number of aromatic nitrogens is 5. The highest BCUT2D eigenvalue weighted by Crippen LogP contribution is 2.39. The molecule has 118 valence electrons. The average molecular weight is 302 g/mol. The van der Waals surface area contributed by atoms with Gasteiger partial charge in [-0.25, -0.2) is 4.98 Å². The van der Waals surface area contributed by atoms with Gasteiger partial charge in [0.2, 0.25) is 0 Å². The van der Waals surface area contributed by atoms with Crippen molar-refractivity contribution in [2.24, 2.45) is 13.0 Å². The van der Waals surface area contributed by atoms with Gasteiger partial charge in [0, 0.05) is 18.7 Å². The third kappa shape index (κ3) is 3.18. The van der Waals surface area contributed by atoms with Gasteiger partial charge < -0.3 is 5.32 Å². The number of carbonyl (C=O) groups is 1. The molecule has 0 radical (unpaired) electrons. The van der Waals surface area contributed by atoms with E-state index in [-0.39, 0.29) is 11.9 Å².